The van der Waals surface area contributed by atoms with E-state index >= 15 is 0 Å². The number of aromatic nitrogens is 5. The van der Waals surface area contributed by atoms with Gasteiger partial charge in [0.2, 0.25) is 0 Å². The first-order valence-electron chi connectivity index (χ1n) is 9.72. The third-order valence-electron chi connectivity index (χ3n) is 4.72. The third-order valence-corrected chi connectivity index (χ3v) is 4.72. The largest absolute Gasteiger partial charge is 0.319 e. The van der Waals surface area contributed by atoms with Crippen LogP contribution in [0.25, 0.3) is 27.6 Å². The lowest BCUT2D eigenvalue weighted by Crippen LogP contribution is -2.79. The number of rotatable bonds is 7. The second-order valence-electron chi connectivity index (χ2n) is 7.45. The Kier molecular flexibility index (Phi) is 5.39. The van der Waals surface area contributed by atoms with E-state index in [4.69, 9.17) is 10.4 Å². The van der Waals surface area contributed by atoms with Gasteiger partial charge in [-0.05, 0) is 35.9 Å². The molecular weight excluding hydrogens is 362 g/mol. The van der Waals surface area contributed by atoms with Gasteiger partial charge in [-0.15, -0.1) is 5.10 Å². The van der Waals surface area contributed by atoms with Crippen molar-refractivity contribution in [3.63, 3.8) is 0 Å². The summed E-state index contributed by atoms with van der Waals surface area (Å²) in [6, 6.07) is 14.0. The minimum atomic E-state index is 0.570. The highest BCUT2D eigenvalue weighted by atomic mass is 15.4. The van der Waals surface area contributed by atoms with Gasteiger partial charge >= 0.3 is 0 Å². The maximum Gasteiger partial charge on any atom is 0.179 e. The highest BCUT2D eigenvalue weighted by molar-refractivity contribution is 6.07. The molecule has 4 aromatic rings. The maximum atomic E-state index is 7.77. The van der Waals surface area contributed by atoms with Gasteiger partial charge in [0.1, 0.15) is 11.7 Å². The quantitative estimate of drug-likeness (QED) is 0.477. The van der Waals surface area contributed by atoms with Crippen LogP contribution >= 0.6 is 0 Å². The standard InChI is InChI=1S/C22H23N7/c1-15(2)12-24-13-18(11-23)20-7-8-21-22(26-20)29(28-27-21)14-16-5-6-19-17(10-16)4-3-9-25-19/h3-11,13,15,23-24H,12,14H2,1-2H3/p+1/b18-13+,23-11?. The molecule has 0 aliphatic rings. The summed E-state index contributed by atoms with van der Waals surface area (Å²) in [5.74, 6) is 0.580. The van der Waals surface area contributed by atoms with Gasteiger partial charge in [0.05, 0.1) is 29.9 Å². The number of allylic oxidation sites excluding steroid dienone is 1. The van der Waals surface area contributed by atoms with E-state index in [1.165, 1.54) is 6.21 Å². The number of nitrogens with two attached hydrogens (primary N) is 1. The lowest BCUT2D eigenvalue weighted by atomic mass is 10.1. The normalized spacial score (nSPS) is 12.2. The molecule has 0 spiro atoms. The molecule has 0 saturated carbocycles. The van der Waals surface area contributed by atoms with Gasteiger partial charge in [0.25, 0.3) is 0 Å². The lowest BCUT2D eigenvalue weighted by molar-refractivity contribution is -0.592. The molecule has 0 radical (unpaired) electrons. The summed E-state index contributed by atoms with van der Waals surface area (Å²) in [4.78, 5) is 9.12. The first kappa shape index (κ1) is 18.9. The number of fused-ring (bicyclic) bond motifs is 2. The van der Waals surface area contributed by atoms with E-state index in [-0.39, 0.29) is 0 Å². The Bertz CT molecular complexity index is 1190. The summed E-state index contributed by atoms with van der Waals surface area (Å²) in [7, 11) is 0. The highest BCUT2D eigenvalue weighted by Crippen LogP contribution is 2.17. The first-order chi connectivity index (χ1) is 14.1. The van der Waals surface area contributed by atoms with E-state index in [1.807, 2.05) is 30.5 Å². The smallest absolute Gasteiger partial charge is 0.179 e. The van der Waals surface area contributed by atoms with E-state index in [0.717, 1.165) is 39.8 Å². The Hall–Kier alpha value is -3.45. The first-order valence-corrected chi connectivity index (χ1v) is 9.72. The predicted octanol–water partition coefficient (Wildman–Crippen LogP) is 2.63. The van der Waals surface area contributed by atoms with Gasteiger partial charge in [-0.2, -0.15) is 0 Å². The van der Waals surface area contributed by atoms with Crippen LogP contribution in [0, 0.1) is 11.3 Å². The Balaban J connectivity index is 1.64. The van der Waals surface area contributed by atoms with E-state index in [9.17, 15) is 0 Å². The maximum absolute atomic E-state index is 7.77. The molecule has 0 amide bonds. The van der Waals surface area contributed by atoms with Crippen molar-refractivity contribution >= 4 is 33.9 Å². The molecule has 0 aliphatic heterocycles. The number of nitrogens with one attached hydrogen (secondary N) is 1. The van der Waals surface area contributed by atoms with Gasteiger partial charge in [-0.1, -0.05) is 31.2 Å². The molecule has 0 saturated heterocycles. The van der Waals surface area contributed by atoms with Crippen molar-refractivity contribution in [1.29, 1.82) is 5.41 Å². The molecule has 1 aromatic carbocycles. The summed E-state index contributed by atoms with van der Waals surface area (Å²) in [6.45, 7) is 5.88. The summed E-state index contributed by atoms with van der Waals surface area (Å²) in [5, 5.41) is 19.5. The zero-order chi connectivity index (χ0) is 20.2. The van der Waals surface area contributed by atoms with Crippen LogP contribution in [0.4, 0.5) is 0 Å². The number of nitrogens with zero attached hydrogens (tertiary/aromatic N) is 5. The summed E-state index contributed by atoms with van der Waals surface area (Å²) in [6.07, 6.45) is 5.10. The van der Waals surface area contributed by atoms with Crippen LogP contribution in [-0.2, 0) is 6.54 Å². The fourth-order valence-corrected chi connectivity index (χ4v) is 3.19. The molecule has 146 valence electrons. The zero-order valence-electron chi connectivity index (χ0n) is 16.6. The van der Waals surface area contributed by atoms with Crippen LogP contribution in [0.3, 0.4) is 0 Å². The second-order valence-corrected chi connectivity index (χ2v) is 7.45. The van der Waals surface area contributed by atoms with Gasteiger partial charge in [-0.3, -0.25) is 4.98 Å². The van der Waals surface area contributed by atoms with Crippen LogP contribution in [0.15, 0.2) is 54.9 Å². The van der Waals surface area contributed by atoms with E-state index in [2.05, 4.69) is 52.7 Å². The van der Waals surface area contributed by atoms with Crippen molar-refractivity contribution in [2.45, 2.75) is 20.4 Å². The number of hydrogen-bond acceptors (Lipinski definition) is 5. The van der Waals surface area contributed by atoms with E-state index in [1.54, 1.807) is 10.9 Å². The molecule has 0 fully saturated rings. The van der Waals surface area contributed by atoms with Crippen LogP contribution in [0.2, 0.25) is 0 Å². The number of hydrogen-bond donors (Lipinski definition) is 2. The number of pyridine rings is 2. The molecule has 0 unspecified atom stereocenters. The van der Waals surface area contributed by atoms with Crippen molar-refractivity contribution < 1.29 is 5.32 Å². The fraction of sp³-hybridized carbons (Fsp3) is 0.227. The van der Waals surface area contributed by atoms with Gasteiger partial charge in [0, 0.05) is 23.7 Å². The Labute approximate surface area is 169 Å². The molecule has 7 heteroatoms. The third kappa shape index (κ3) is 4.20. The fourth-order valence-electron chi connectivity index (χ4n) is 3.19. The van der Waals surface area contributed by atoms with Crippen molar-refractivity contribution in [2.24, 2.45) is 5.92 Å². The molecule has 29 heavy (non-hydrogen) atoms. The van der Waals surface area contributed by atoms with Crippen LogP contribution in [0.5, 0.6) is 0 Å². The summed E-state index contributed by atoms with van der Waals surface area (Å²) < 4.78 is 1.80. The highest BCUT2D eigenvalue weighted by Gasteiger charge is 2.11. The molecule has 3 N–H and O–H groups in total. The molecule has 0 atom stereocenters. The van der Waals surface area contributed by atoms with Crippen molar-refractivity contribution in [2.75, 3.05) is 6.54 Å². The Morgan fingerprint density at radius 3 is 2.86 bits per heavy atom. The monoisotopic (exact) mass is 386 g/mol. The molecule has 3 heterocycles. The average Bonchev–Trinajstić information content (AvgIpc) is 3.13. The minimum Gasteiger partial charge on any atom is -0.319 e. The molecular formula is C22H24N7+. The van der Waals surface area contributed by atoms with Crippen LogP contribution in [-0.4, -0.2) is 37.7 Å². The molecule has 4 rings (SSSR count). The summed E-state index contributed by atoms with van der Waals surface area (Å²) in [5.41, 5.74) is 5.06. The molecule has 7 nitrogen and oxygen atoms in total. The van der Waals surface area contributed by atoms with Crippen molar-refractivity contribution in [3.05, 3.63) is 66.1 Å². The summed E-state index contributed by atoms with van der Waals surface area (Å²) >= 11 is 0. The Morgan fingerprint density at radius 1 is 1.17 bits per heavy atom. The lowest BCUT2D eigenvalue weighted by Gasteiger charge is -2.06. The van der Waals surface area contributed by atoms with Crippen molar-refractivity contribution in [1.82, 2.24) is 25.0 Å². The second kappa shape index (κ2) is 8.28. The molecule has 3 aromatic heterocycles. The number of quaternary nitrogens is 1. The van der Waals surface area contributed by atoms with Gasteiger partial charge in [0.15, 0.2) is 5.65 Å². The zero-order valence-corrected chi connectivity index (χ0v) is 16.6. The van der Waals surface area contributed by atoms with E-state index in [0.29, 0.717) is 18.1 Å². The molecule has 0 aliphatic carbocycles. The topological polar surface area (TPSA) is 97.0 Å². The number of benzene rings is 1. The Morgan fingerprint density at radius 2 is 2.03 bits per heavy atom. The predicted molar refractivity (Wildman–Crippen MR) is 115 cm³/mol. The van der Waals surface area contributed by atoms with Gasteiger partial charge in [-0.25, -0.2) is 9.67 Å². The van der Waals surface area contributed by atoms with Gasteiger partial charge < -0.3 is 10.7 Å². The molecule has 0 bridgehead atoms. The van der Waals surface area contributed by atoms with Crippen LogP contribution in [0.1, 0.15) is 25.1 Å². The minimum absolute atomic E-state index is 0.570. The average molecular weight is 386 g/mol. The van der Waals surface area contributed by atoms with E-state index < -0.39 is 0 Å². The van der Waals surface area contributed by atoms with Crippen LogP contribution < -0.4 is 5.32 Å². The SMILES string of the molecule is CC(C)C[NH2+]/C=C(\C=N)c1ccc2nnn(Cc3ccc4ncccc4c3)c2n1. The van der Waals surface area contributed by atoms with Crippen molar-refractivity contribution in [3.8, 4) is 0 Å².